The Bertz CT molecular complexity index is 1340. The van der Waals surface area contributed by atoms with Crippen LogP contribution in [0.25, 0.3) is 0 Å². The second-order valence-corrected chi connectivity index (χ2v) is 14.0. The zero-order valence-electron chi connectivity index (χ0n) is 25.3. The number of carbonyl (C=O) groups is 4. The molecule has 3 atom stereocenters. The first-order valence-corrected chi connectivity index (χ1v) is 17.3. The van der Waals surface area contributed by atoms with Gasteiger partial charge in [0.2, 0.25) is 11.6 Å². The van der Waals surface area contributed by atoms with Crippen LogP contribution >= 0.6 is 22.7 Å². The fraction of sp³-hybridized carbons (Fsp3) is 0.576. The quantitative estimate of drug-likeness (QED) is 0.147. The zero-order valence-corrected chi connectivity index (χ0v) is 26.9. The molecule has 11 heteroatoms. The number of thiophene rings is 2. The summed E-state index contributed by atoms with van der Waals surface area (Å²) in [4.78, 5) is 56.8. The summed E-state index contributed by atoms with van der Waals surface area (Å²) in [5.74, 6) is -3.36. The van der Waals surface area contributed by atoms with E-state index in [4.69, 9.17) is 9.47 Å². The Balaban J connectivity index is 1.17. The van der Waals surface area contributed by atoms with Gasteiger partial charge in [0.15, 0.2) is 0 Å². The molecule has 2 saturated heterocycles. The lowest BCUT2D eigenvalue weighted by molar-refractivity contribution is -0.150. The second kappa shape index (κ2) is 14.8. The average molecular weight is 643 g/mol. The standard InChI is InChI=1S/C33H42N2O7S2/c1-3-5-19-41-32(39)21-11-15-34(16-12-21)25-9-7-23(43-25)27-29(36)28(31(38)30(27)37)24-8-10-26(44-24)35-17-13-22(14-18-35)33(40)42-20-6-4-2/h3,7-10,21-22,27-29,36H,1,4-6,11-20H2,2H3. The van der Waals surface area contributed by atoms with E-state index >= 15 is 0 Å². The summed E-state index contributed by atoms with van der Waals surface area (Å²) in [6.07, 6.45) is 5.90. The number of ether oxygens (including phenoxy) is 2. The molecular formula is C33H42N2O7S2. The van der Waals surface area contributed by atoms with Gasteiger partial charge in [-0.05, 0) is 62.8 Å². The SMILES string of the molecule is C=CCCOC(=O)C1CCN(c2ccc(C3C(=O)C(=O)C(c4ccc(N5CCC(C(=O)OCCCC)CC5)s4)C3O)s2)CC1. The number of hydrogen-bond acceptors (Lipinski definition) is 11. The van der Waals surface area contributed by atoms with E-state index in [1.54, 1.807) is 6.08 Å². The molecule has 3 unspecified atom stereocenters. The van der Waals surface area contributed by atoms with Crippen LogP contribution in [0.15, 0.2) is 36.9 Å². The van der Waals surface area contributed by atoms with Crippen LogP contribution in [0.3, 0.4) is 0 Å². The van der Waals surface area contributed by atoms with Gasteiger partial charge in [-0.25, -0.2) is 0 Å². The predicted octanol–water partition coefficient (Wildman–Crippen LogP) is 5.09. The number of aliphatic hydroxyl groups excluding tert-OH is 1. The maximum absolute atomic E-state index is 13.2. The predicted molar refractivity (Wildman–Crippen MR) is 172 cm³/mol. The van der Waals surface area contributed by atoms with Crippen molar-refractivity contribution >= 4 is 56.2 Å². The lowest BCUT2D eigenvalue weighted by Gasteiger charge is -2.31. The topological polar surface area (TPSA) is 113 Å². The molecule has 5 rings (SSSR count). The van der Waals surface area contributed by atoms with Gasteiger partial charge in [0.25, 0.3) is 0 Å². The van der Waals surface area contributed by atoms with Gasteiger partial charge in [-0.2, -0.15) is 0 Å². The van der Waals surface area contributed by atoms with Crippen molar-refractivity contribution in [2.24, 2.45) is 11.8 Å². The summed E-state index contributed by atoms with van der Waals surface area (Å²) in [6.45, 7) is 9.35. The van der Waals surface area contributed by atoms with Gasteiger partial charge in [-0.15, -0.1) is 29.3 Å². The van der Waals surface area contributed by atoms with E-state index in [1.165, 1.54) is 22.7 Å². The third-order valence-electron chi connectivity index (χ3n) is 8.92. The molecule has 1 aliphatic carbocycles. The van der Waals surface area contributed by atoms with Crippen molar-refractivity contribution in [3.05, 3.63) is 46.7 Å². The number of aliphatic hydroxyl groups is 1. The molecule has 3 aliphatic rings. The zero-order chi connectivity index (χ0) is 31.2. The number of piperidine rings is 2. The molecule has 9 nitrogen and oxygen atoms in total. The minimum Gasteiger partial charge on any atom is -0.465 e. The number of ketones is 2. The molecular weight excluding hydrogens is 601 g/mol. The summed E-state index contributed by atoms with van der Waals surface area (Å²) in [7, 11) is 0. The van der Waals surface area contributed by atoms with Crippen molar-refractivity contribution in [1.29, 1.82) is 0 Å². The van der Waals surface area contributed by atoms with Crippen molar-refractivity contribution in [3.8, 4) is 0 Å². The smallest absolute Gasteiger partial charge is 0.309 e. The van der Waals surface area contributed by atoms with E-state index in [2.05, 4.69) is 23.3 Å². The first-order valence-electron chi connectivity index (χ1n) is 15.7. The molecule has 238 valence electrons. The van der Waals surface area contributed by atoms with Gasteiger partial charge in [0.1, 0.15) is 0 Å². The lowest BCUT2D eigenvalue weighted by atomic mass is 9.97. The Labute approximate surface area is 266 Å². The number of esters is 2. The third kappa shape index (κ3) is 7.10. The minimum atomic E-state index is -1.13. The Morgan fingerprint density at radius 3 is 1.73 bits per heavy atom. The lowest BCUT2D eigenvalue weighted by Crippen LogP contribution is -2.36. The molecule has 0 radical (unpaired) electrons. The molecule has 2 aliphatic heterocycles. The van der Waals surface area contributed by atoms with E-state index in [1.807, 2.05) is 24.3 Å². The van der Waals surface area contributed by atoms with Crippen LogP contribution in [0.5, 0.6) is 0 Å². The van der Waals surface area contributed by atoms with Gasteiger partial charge in [0.05, 0.1) is 53.0 Å². The van der Waals surface area contributed by atoms with Gasteiger partial charge in [0, 0.05) is 35.9 Å². The maximum Gasteiger partial charge on any atom is 0.309 e. The van der Waals surface area contributed by atoms with Crippen LogP contribution in [0, 0.1) is 11.8 Å². The minimum absolute atomic E-state index is 0.0925. The van der Waals surface area contributed by atoms with Crippen molar-refractivity contribution in [3.63, 3.8) is 0 Å². The fourth-order valence-electron chi connectivity index (χ4n) is 6.23. The highest BCUT2D eigenvalue weighted by Crippen LogP contribution is 2.46. The molecule has 1 N–H and O–H groups in total. The monoisotopic (exact) mass is 642 g/mol. The molecule has 0 aromatic carbocycles. The van der Waals surface area contributed by atoms with Crippen molar-refractivity contribution in [1.82, 2.24) is 0 Å². The van der Waals surface area contributed by atoms with Crippen LogP contribution in [-0.4, -0.2) is 74.1 Å². The van der Waals surface area contributed by atoms with Gasteiger partial charge in [-0.3, -0.25) is 19.2 Å². The number of Topliss-reactive ketones (excluding diaryl/α,β-unsaturated/α-hetero) is 2. The Kier molecular flexibility index (Phi) is 10.9. The summed E-state index contributed by atoms with van der Waals surface area (Å²) in [6, 6.07) is 7.57. The Hall–Kier alpha value is -3.02. The summed E-state index contributed by atoms with van der Waals surface area (Å²) < 4.78 is 10.7. The highest BCUT2D eigenvalue weighted by Gasteiger charge is 2.51. The van der Waals surface area contributed by atoms with Crippen molar-refractivity contribution < 1.29 is 33.8 Å². The number of unbranched alkanes of at least 4 members (excludes halogenated alkanes) is 1. The van der Waals surface area contributed by atoms with Crippen LogP contribution in [-0.2, 0) is 28.7 Å². The largest absolute Gasteiger partial charge is 0.465 e. The maximum atomic E-state index is 13.2. The van der Waals surface area contributed by atoms with E-state index in [0.717, 1.165) is 22.8 Å². The highest BCUT2D eigenvalue weighted by atomic mass is 32.1. The van der Waals surface area contributed by atoms with Crippen LogP contribution in [0.4, 0.5) is 10.0 Å². The second-order valence-electron chi connectivity index (χ2n) is 11.8. The number of nitrogens with zero attached hydrogens (tertiary/aromatic N) is 2. The Morgan fingerprint density at radius 1 is 0.841 bits per heavy atom. The molecule has 44 heavy (non-hydrogen) atoms. The number of hydrogen-bond donors (Lipinski definition) is 1. The molecule has 2 aromatic heterocycles. The van der Waals surface area contributed by atoms with E-state index in [-0.39, 0.29) is 23.8 Å². The summed E-state index contributed by atoms with van der Waals surface area (Å²) in [5.41, 5.74) is 0. The average Bonchev–Trinajstić information content (AvgIpc) is 3.76. The molecule has 0 amide bonds. The van der Waals surface area contributed by atoms with E-state index < -0.39 is 29.5 Å². The van der Waals surface area contributed by atoms with E-state index in [0.29, 0.717) is 81.3 Å². The van der Waals surface area contributed by atoms with Crippen LogP contribution < -0.4 is 9.80 Å². The molecule has 1 saturated carbocycles. The molecule has 0 spiro atoms. The van der Waals surface area contributed by atoms with Crippen LogP contribution in [0.2, 0.25) is 0 Å². The first-order chi connectivity index (χ1) is 21.3. The number of anilines is 2. The van der Waals surface area contributed by atoms with Crippen molar-refractivity contribution in [2.45, 2.75) is 69.8 Å². The normalized spacial score (nSPS) is 23.3. The molecule has 0 bridgehead atoms. The molecule has 3 fully saturated rings. The highest BCUT2D eigenvalue weighted by molar-refractivity contribution is 7.17. The van der Waals surface area contributed by atoms with Crippen LogP contribution in [0.1, 0.15) is 73.5 Å². The van der Waals surface area contributed by atoms with Gasteiger partial charge < -0.3 is 24.4 Å². The molecule has 2 aromatic rings. The van der Waals surface area contributed by atoms with Gasteiger partial charge >= 0.3 is 11.9 Å². The third-order valence-corrected chi connectivity index (χ3v) is 11.4. The van der Waals surface area contributed by atoms with Crippen molar-refractivity contribution in [2.75, 3.05) is 49.2 Å². The van der Waals surface area contributed by atoms with Gasteiger partial charge in [-0.1, -0.05) is 19.4 Å². The first kappa shape index (κ1) is 32.4. The van der Waals surface area contributed by atoms with E-state index in [9.17, 15) is 24.3 Å². The number of carbonyl (C=O) groups excluding carboxylic acids is 4. The number of rotatable bonds is 12. The Morgan fingerprint density at radius 2 is 1.30 bits per heavy atom. The summed E-state index contributed by atoms with van der Waals surface area (Å²) >= 11 is 2.86. The molecule has 4 heterocycles. The fourth-order valence-corrected chi connectivity index (χ4v) is 8.63. The summed E-state index contributed by atoms with van der Waals surface area (Å²) in [5, 5.41) is 13.3.